The zero-order chi connectivity index (χ0) is 15.3. The Morgan fingerprint density at radius 3 is 2.60 bits per heavy atom. The smallest absolute Gasteiger partial charge is 0.352 e. The standard InChI is InChI=1S/C13H14ClNO5/c1-3-20-11-6-8(4-9(14)12(11)17)5-10(13(18)19)15-7(2)16/h4-6,17H,3H2,1-2H3,(H,15,16)(H,18,19). The third kappa shape index (κ3) is 4.17. The molecule has 0 radical (unpaired) electrons. The maximum atomic E-state index is 11.0. The summed E-state index contributed by atoms with van der Waals surface area (Å²) in [5.74, 6) is -1.88. The van der Waals surface area contributed by atoms with Crippen molar-refractivity contribution < 1.29 is 24.5 Å². The van der Waals surface area contributed by atoms with E-state index in [1.807, 2.05) is 0 Å². The second-order valence-corrected chi connectivity index (χ2v) is 4.23. The second kappa shape index (κ2) is 6.81. The summed E-state index contributed by atoms with van der Waals surface area (Å²) >= 11 is 5.83. The highest BCUT2D eigenvalue weighted by atomic mass is 35.5. The van der Waals surface area contributed by atoms with Gasteiger partial charge in [0.1, 0.15) is 5.70 Å². The van der Waals surface area contributed by atoms with Gasteiger partial charge in [-0.2, -0.15) is 0 Å². The first-order valence-electron chi connectivity index (χ1n) is 5.73. The molecule has 0 aliphatic rings. The van der Waals surface area contributed by atoms with Crippen LogP contribution in [0, 0.1) is 0 Å². The van der Waals surface area contributed by atoms with E-state index in [1.54, 1.807) is 6.92 Å². The van der Waals surface area contributed by atoms with E-state index in [2.05, 4.69) is 5.32 Å². The summed E-state index contributed by atoms with van der Waals surface area (Å²) in [6.45, 7) is 3.25. The van der Waals surface area contributed by atoms with Gasteiger partial charge in [0.25, 0.3) is 0 Å². The molecule has 6 nitrogen and oxygen atoms in total. The first-order valence-corrected chi connectivity index (χ1v) is 6.10. The highest BCUT2D eigenvalue weighted by molar-refractivity contribution is 6.32. The van der Waals surface area contributed by atoms with Crippen molar-refractivity contribution in [2.45, 2.75) is 13.8 Å². The molecule has 0 spiro atoms. The molecule has 0 unspecified atom stereocenters. The van der Waals surface area contributed by atoms with Crippen LogP contribution in [-0.4, -0.2) is 28.7 Å². The molecule has 1 aromatic rings. The molecular formula is C13H14ClNO5. The second-order valence-electron chi connectivity index (χ2n) is 3.83. The van der Waals surface area contributed by atoms with Crippen molar-refractivity contribution in [1.82, 2.24) is 5.32 Å². The third-order valence-electron chi connectivity index (χ3n) is 2.20. The maximum absolute atomic E-state index is 11.0. The quantitative estimate of drug-likeness (QED) is 0.723. The van der Waals surface area contributed by atoms with Crippen molar-refractivity contribution in [3.05, 3.63) is 28.4 Å². The first kappa shape index (κ1) is 15.8. The lowest BCUT2D eigenvalue weighted by atomic mass is 10.1. The molecule has 0 heterocycles. The molecule has 1 aromatic carbocycles. The van der Waals surface area contributed by atoms with Crippen LogP contribution in [0.4, 0.5) is 0 Å². The van der Waals surface area contributed by atoms with Gasteiger partial charge in [-0.25, -0.2) is 4.79 Å². The van der Waals surface area contributed by atoms with Crippen LogP contribution in [0.25, 0.3) is 6.08 Å². The van der Waals surface area contributed by atoms with Gasteiger partial charge in [0, 0.05) is 6.92 Å². The number of hydrogen-bond donors (Lipinski definition) is 3. The lowest BCUT2D eigenvalue weighted by Gasteiger charge is -2.09. The van der Waals surface area contributed by atoms with Crippen LogP contribution in [-0.2, 0) is 9.59 Å². The van der Waals surface area contributed by atoms with Crippen LogP contribution >= 0.6 is 11.6 Å². The number of ether oxygens (including phenoxy) is 1. The Morgan fingerprint density at radius 1 is 1.45 bits per heavy atom. The minimum Gasteiger partial charge on any atom is -0.503 e. The van der Waals surface area contributed by atoms with Crippen LogP contribution < -0.4 is 10.1 Å². The number of carboxylic acid groups (broad SMARTS) is 1. The van der Waals surface area contributed by atoms with E-state index in [0.717, 1.165) is 0 Å². The number of carboxylic acids is 1. The number of hydrogen-bond acceptors (Lipinski definition) is 4. The van der Waals surface area contributed by atoms with Gasteiger partial charge in [0.15, 0.2) is 11.5 Å². The molecule has 0 aliphatic carbocycles. The number of phenols is 1. The number of carbonyl (C=O) groups excluding carboxylic acids is 1. The lowest BCUT2D eigenvalue weighted by molar-refractivity contribution is -0.134. The molecule has 0 aliphatic heterocycles. The number of benzene rings is 1. The molecular weight excluding hydrogens is 286 g/mol. The number of nitrogens with one attached hydrogen (secondary N) is 1. The number of carbonyl (C=O) groups is 2. The number of aliphatic carboxylic acids is 1. The topological polar surface area (TPSA) is 95.9 Å². The van der Waals surface area contributed by atoms with Crippen LogP contribution in [0.5, 0.6) is 11.5 Å². The minimum atomic E-state index is -1.29. The van der Waals surface area contributed by atoms with Gasteiger partial charge in [-0.1, -0.05) is 11.6 Å². The molecule has 0 saturated heterocycles. The lowest BCUT2D eigenvalue weighted by Crippen LogP contribution is -2.24. The van der Waals surface area contributed by atoms with E-state index >= 15 is 0 Å². The molecule has 7 heteroatoms. The maximum Gasteiger partial charge on any atom is 0.352 e. The minimum absolute atomic E-state index is 0.0229. The molecule has 108 valence electrons. The van der Waals surface area contributed by atoms with Crippen molar-refractivity contribution in [3.8, 4) is 11.5 Å². The SMILES string of the molecule is CCOc1cc(C=C(NC(C)=O)C(=O)O)cc(Cl)c1O. The van der Waals surface area contributed by atoms with E-state index in [-0.39, 0.29) is 22.2 Å². The average Bonchev–Trinajstić information content (AvgIpc) is 2.34. The fourth-order valence-electron chi connectivity index (χ4n) is 1.45. The molecule has 20 heavy (non-hydrogen) atoms. The Bertz CT molecular complexity index is 568. The van der Waals surface area contributed by atoms with Gasteiger partial charge in [0.2, 0.25) is 5.91 Å². The van der Waals surface area contributed by atoms with Gasteiger partial charge >= 0.3 is 5.97 Å². The van der Waals surface area contributed by atoms with Crippen molar-refractivity contribution in [2.75, 3.05) is 6.61 Å². The molecule has 0 bridgehead atoms. The molecule has 1 amide bonds. The Kier molecular flexibility index (Phi) is 5.40. The molecule has 0 saturated carbocycles. The largest absolute Gasteiger partial charge is 0.503 e. The van der Waals surface area contributed by atoms with Crippen LogP contribution in [0.2, 0.25) is 5.02 Å². The molecule has 0 fully saturated rings. The summed E-state index contributed by atoms with van der Waals surface area (Å²) in [5.41, 5.74) is 0.0732. The van der Waals surface area contributed by atoms with E-state index in [1.165, 1.54) is 25.1 Å². The van der Waals surface area contributed by atoms with Crippen LogP contribution in [0.1, 0.15) is 19.4 Å². The highest BCUT2D eigenvalue weighted by Gasteiger charge is 2.12. The monoisotopic (exact) mass is 299 g/mol. The number of aromatic hydroxyl groups is 1. The predicted octanol–water partition coefficient (Wildman–Crippen LogP) is 2.01. The van der Waals surface area contributed by atoms with Crippen molar-refractivity contribution >= 4 is 29.6 Å². The fourth-order valence-corrected chi connectivity index (χ4v) is 1.67. The van der Waals surface area contributed by atoms with Crippen LogP contribution in [0.3, 0.4) is 0 Å². The number of rotatable bonds is 5. The van der Waals surface area contributed by atoms with Gasteiger partial charge in [0.05, 0.1) is 11.6 Å². The summed E-state index contributed by atoms with van der Waals surface area (Å²) < 4.78 is 5.18. The van der Waals surface area contributed by atoms with E-state index in [9.17, 15) is 14.7 Å². The predicted molar refractivity (Wildman–Crippen MR) is 73.7 cm³/mol. The van der Waals surface area contributed by atoms with Gasteiger partial charge in [-0.3, -0.25) is 4.79 Å². The Balaban J connectivity index is 3.23. The zero-order valence-electron chi connectivity index (χ0n) is 10.9. The summed E-state index contributed by atoms with van der Waals surface area (Å²) in [4.78, 5) is 21.9. The zero-order valence-corrected chi connectivity index (χ0v) is 11.7. The molecule has 1 rings (SSSR count). The van der Waals surface area contributed by atoms with Gasteiger partial charge in [-0.15, -0.1) is 0 Å². The fraction of sp³-hybridized carbons (Fsp3) is 0.231. The molecule has 3 N–H and O–H groups in total. The number of phenolic OH excluding ortho intramolecular Hbond substituents is 1. The molecule has 0 atom stereocenters. The van der Waals surface area contributed by atoms with Crippen molar-refractivity contribution in [1.29, 1.82) is 0 Å². The van der Waals surface area contributed by atoms with Gasteiger partial charge < -0.3 is 20.3 Å². The normalized spacial score (nSPS) is 11.1. The number of halogens is 1. The summed E-state index contributed by atoms with van der Waals surface area (Å²) in [6, 6.07) is 2.79. The highest BCUT2D eigenvalue weighted by Crippen LogP contribution is 2.35. The van der Waals surface area contributed by atoms with Crippen molar-refractivity contribution in [2.24, 2.45) is 0 Å². The summed E-state index contributed by atoms with van der Waals surface area (Å²) in [6.07, 6.45) is 1.22. The van der Waals surface area contributed by atoms with E-state index < -0.39 is 11.9 Å². The Labute approximate surface area is 120 Å². The summed E-state index contributed by atoms with van der Waals surface area (Å²) in [7, 11) is 0. The summed E-state index contributed by atoms with van der Waals surface area (Å²) in [5, 5.41) is 20.9. The first-order chi connectivity index (χ1) is 9.35. The average molecular weight is 300 g/mol. The van der Waals surface area contributed by atoms with E-state index in [4.69, 9.17) is 21.4 Å². The van der Waals surface area contributed by atoms with Crippen LogP contribution in [0.15, 0.2) is 17.8 Å². The van der Waals surface area contributed by atoms with E-state index in [0.29, 0.717) is 12.2 Å². The Morgan fingerprint density at radius 2 is 2.10 bits per heavy atom. The van der Waals surface area contributed by atoms with Crippen molar-refractivity contribution in [3.63, 3.8) is 0 Å². The van der Waals surface area contributed by atoms with Gasteiger partial charge in [-0.05, 0) is 30.7 Å². The molecule has 0 aromatic heterocycles. The number of amides is 1. The third-order valence-corrected chi connectivity index (χ3v) is 2.49. The Hall–Kier alpha value is -2.21.